The molecule has 96 valence electrons. The Morgan fingerprint density at radius 2 is 1.95 bits per heavy atom. The minimum Gasteiger partial charge on any atom is -0.380 e. The number of nitrogens with zero attached hydrogens (tertiary/aromatic N) is 2. The molecular weight excluding hydrogens is 357 g/mol. The number of benzene rings is 1. The predicted molar refractivity (Wildman–Crippen MR) is 79.5 cm³/mol. The zero-order valence-corrected chi connectivity index (χ0v) is 11.9. The molecule has 0 amide bonds. The number of carbonyl (C=O) groups is 1. The average molecular weight is 367 g/mol. The third kappa shape index (κ3) is 3.75. The molecule has 5 nitrogen and oxygen atoms in total. The van der Waals surface area contributed by atoms with Gasteiger partial charge < -0.3 is 10.6 Å². The Morgan fingerprint density at radius 3 is 2.63 bits per heavy atom. The molecular formula is C13H10IN3O2. The lowest BCUT2D eigenvalue weighted by atomic mass is 10.2. The lowest BCUT2D eigenvalue weighted by Gasteiger charge is -2.01. The van der Waals surface area contributed by atoms with Crippen molar-refractivity contribution in [3.63, 3.8) is 0 Å². The summed E-state index contributed by atoms with van der Waals surface area (Å²) in [6.45, 7) is 0. The predicted octanol–water partition coefficient (Wildman–Crippen LogP) is 2.16. The van der Waals surface area contributed by atoms with Crippen LogP contribution in [0.3, 0.4) is 0 Å². The number of hydrogen-bond donors (Lipinski definition) is 1. The zero-order valence-electron chi connectivity index (χ0n) is 9.79. The van der Waals surface area contributed by atoms with E-state index in [1.165, 1.54) is 0 Å². The van der Waals surface area contributed by atoms with E-state index in [9.17, 15) is 4.79 Å². The fraction of sp³-hybridized carbons (Fsp3) is 0. The van der Waals surface area contributed by atoms with E-state index in [1.54, 1.807) is 42.7 Å². The van der Waals surface area contributed by atoms with Crippen LogP contribution in [0.1, 0.15) is 15.9 Å². The summed E-state index contributed by atoms with van der Waals surface area (Å²) >= 11 is 2.11. The van der Waals surface area contributed by atoms with Crippen LogP contribution >= 0.6 is 22.6 Å². The smallest absolute Gasteiger partial charge is 0.365 e. The molecule has 0 radical (unpaired) electrons. The lowest BCUT2D eigenvalue weighted by molar-refractivity contribution is 0.0516. The summed E-state index contributed by atoms with van der Waals surface area (Å²) < 4.78 is 0.943. The highest BCUT2D eigenvalue weighted by atomic mass is 127. The maximum absolute atomic E-state index is 11.7. The van der Waals surface area contributed by atoms with Crippen LogP contribution in [0.2, 0.25) is 0 Å². The molecule has 0 saturated heterocycles. The van der Waals surface area contributed by atoms with Crippen molar-refractivity contribution in [1.82, 2.24) is 4.98 Å². The molecule has 2 N–H and O–H groups in total. The highest BCUT2D eigenvalue weighted by Gasteiger charge is 2.08. The molecule has 0 atom stereocenters. The maximum atomic E-state index is 11.7. The van der Waals surface area contributed by atoms with Crippen LogP contribution in [0.25, 0.3) is 0 Å². The molecule has 0 spiro atoms. The van der Waals surface area contributed by atoms with Gasteiger partial charge >= 0.3 is 5.97 Å². The van der Waals surface area contributed by atoms with Gasteiger partial charge in [-0.2, -0.15) is 0 Å². The number of nitrogens with two attached hydrogens (primary N) is 1. The van der Waals surface area contributed by atoms with Crippen molar-refractivity contribution in [3.05, 3.63) is 63.5 Å². The van der Waals surface area contributed by atoms with Crippen LogP contribution < -0.4 is 5.73 Å². The molecule has 1 aromatic carbocycles. The third-order valence-electron chi connectivity index (χ3n) is 2.26. The molecule has 0 fully saturated rings. The van der Waals surface area contributed by atoms with Gasteiger partial charge in [-0.15, -0.1) is 0 Å². The number of aromatic nitrogens is 1. The van der Waals surface area contributed by atoms with Gasteiger partial charge in [0.25, 0.3) is 0 Å². The van der Waals surface area contributed by atoms with Crippen LogP contribution in [0.5, 0.6) is 0 Å². The highest BCUT2D eigenvalue weighted by molar-refractivity contribution is 14.1. The Bertz CT molecular complexity index is 614. The van der Waals surface area contributed by atoms with Crippen LogP contribution in [-0.4, -0.2) is 16.8 Å². The van der Waals surface area contributed by atoms with Gasteiger partial charge in [-0.1, -0.05) is 11.2 Å². The lowest BCUT2D eigenvalue weighted by Crippen LogP contribution is -2.15. The molecule has 2 aromatic rings. The second kappa shape index (κ2) is 6.28. The summed E-state index contributed by atoms with van der Waals surface area (Å²) in [5.74, 6) is -0.420. The minimum absolute atomic E-state index is 0.126. The van der Waals surface area contributed by atoms with E-state index < -0.39 is 5.97 Å². The van der Waals surface area contributed by atoms with E-state index >= 15 is 0 Å². The molecule has 2 rings (SSSR count). The van der Waals surface area contributed by atoms with Gasteiger partial charge in [-0.05, 0) is 52.9 Å². The third-order valence-corrected chi connectivity index (χ3v) is 2.93. The van der Waals surface area contributed by atoms with Crippen LogP contribution in [0.4, 0.5) is 0 Å². The Morgan fingerprint density at radius 1 is 1.21 bits per heavy atom. The van der Waals surface area contributed by atoms with Crippen molar-refractivity contribution >= 4 is 34.4 Å². The standard InChI is InChI=1S/C13H10IN3O2/c14-11-3-1-2-10(8-11)13(18)19-17-12(15)9-4-6-16-7-5-9/h1-8H,(H2,15,17). The van der Waals surface area contributed by atoms with Gasteiger partial charge in [0.1, 0.15) is 0 Å². The van der Waals surface area contributed by atoms with E-state index in [0.717, 1.165) is 3.57 Å². The highest BCUT2D eigenvalue weighted by Crippen LogP contribution is 2.09. The average Bonchev–Trinajstić information content (AvgIpc) is 2.45. The summed E-state index contributed by atoms with van der Waals surface area (Å²) in [7, 11) is 0. The molecule has 1 aromatic heterocycles. The fourth-order valence-electron chi connectivity index (χ4n) is 1.33. The summed E-state index contributed by atoms with van der Waals surface area (Å²) in [6, 6.07) is 10.4. The molecule has 19 heavy (non-hydrogen) atoms. The molecule has 6 heteroatoms. The fourth-order valence-corrected chi connectivity index (χ4v) is 1.88. The maximum Gasteiger partial charge on any atom is 0.365 e. The number of hydrogen-bond acceptors (Lipinski definition) is 4. The number of amidine groups is 1. The number of oxime groups is 1. The zero-order chi connectivity index (χ0) is 13.7. The Labute approximate surface area is 123 Å². The van der Waals surface area contributed by atoms with E-state index in [1.807, 2.05) is 6.07 Å². The largest absolute Gasteiger partial charge is 0.380 e. The first-order valence-corrected chi connectivity index (χ1v) is 6.45. The van der Waals surface area contributed by atoms with Crippen molar-refractivity contribution in [2.45, 2.75) is 0 Å². The quantitative estimate of drug-likeness (QED) is 0.297. The van der Waals surface area contributed by atoms with Gasteiger partial charge in [0.2, 0.25) is 0 Å². The second-order valence-electron chi connectivity index (χ2n) is 3.60. The molecule has 0 unspecified atom stereocenters. The summed E-state index contributed by atoms with van der Waals surface area (Å²) in [5.41, 5.74) is 6.77. The number of pyridine rings is 1. The molecule has 0 aliphatic carbocycles. The van der Waals surface area contributed by atoms with Crippen molar-refractivity contribution in [2.75, 3.05) is 0 Å². The van der Waals surface area contributed by atoms with E-state index in [-0.39, 0.29) is 5.84 Å². The van der Waals surface area contributed by atoms with Crippen molar-refractivity contribution < 1.29 is 9.63 Å². The Hall–Kier alpha value is -1.96. The van der Waals surface area contributed by atoms with Gasteiger partial charge in [0.15, 0.2) is 5.84 Å². The van der Waals surface area contributed by atoms with Gasteiger partial charge in [-0.25, -0.2) is 4.79 Å². The summed E-state index contributed by atoms with van der Waals surface area (Å²) in [6.07, 6.45) is 3.16. The SMILES string of the molecule is NC(=NOC(=O)c1cccc(I)c1)c1ccncc1. The van der Waals surface area contributed by atoms with Crippen molar-refractivity contribution in [3.8, 4) is 0 Å². The van der Waals surface area contributed by atoms with Crippen molar-refractivity contribution in [1.29, 1.82) is 0 Å². The summed E-state index contributed by atoms with van der Waals surface area (Å²) in [5, 5.41) is 3.62. The van der Waals surface area contributed by atoms with E-state index in [2.05, 4.69) is 32.7 Å². The minimum atomic E-state index is -0.546. The first kappa shape index (κ1) is 13.5. The van der Waals surface area contributed by atoms with Crippen LogP contribution in [0.15, 0.2) is 53.9 Å². The molecule has 0 aliphatic heterocycles. The molecule has 1 heterocycles. The number of rotatable bonds is 3. The first-order valence-electron chi connectivity index (χ1n) is 5.37. The Balaban J connectivity index is 2.08. The van der Waals surface area contributed by atoms with Gasteiger partial charge in [-0.3, -0.25) is 4.98 Å². The van der Waals surface area contributed by atoms with Crippen molar-refractivity contribution in [2.24, 2.45) is 10.9 Å². The van der Waals surface area contributed by atoms with Crippen LogP contribution in [-0.2, 0) is 4.84 Å². The normalized spacial score (nSPS) is 11.1. The Kier molecular flexibility index (Phi) is 4.45. The summed E-state index contributed by atoms with van der Waals surface area (Å²) in [4.78, 5) is 20.4. The second-order valence-corrected chi connectivity index (χ2v) is 4.85. The molecule has 0 bridgehead atoms. The number of carbonyl (C=O) groups excluding carboxylic acids is 1. The molecule has 0 aliphatic rings. The monoisotopic (exact) mass is 367 g/mol. The van der Waals surface area contributed by atoms with Crippen LogP contribution in [0, 0.1) is 3.57 Å². The van der Waals surface area contributed by atoms with Gasteiger partial charge in [0.05, 0.1) is 5.56 Å². The first-order chi connectivity index (χ1) is 9.16. The molecule has 0 saturated carbocycles. The number of halogens is 1. The van der Waals surface area contributed by atoms with Gasteiger partial charge in [0, 0.05) is 21.5 Å². The van der Waals surface area contributed by atoms with E-state index in [0.29, 0.717) is 11.1 Å². The van der Waals surface area contributed by atoms with E-state index in [4.69, 9.17) is 10.6 Å². The topological polar surface area (TPSA) is 77.6 Å².